The van der Waals surface area contributed by atoms with Crippen molar-refractivity contribution in [2.24, 2.45) is 0 Å². The summed E-state index contributed by atoms with van der Waals surface area (Å²) in [5.74, 6) is -16.4. The predicted molar refractivity (Wildman–Crippen MR) is 92.4 cm³/mol. The minimum Gasteiger partial charge on any atom is -0.743 e. The number of unbranched alkanes of at least 4 members (excludes halogenated alkanes) is 1. The summed E-state index contributed by atoms with van der Waals surface area (Å²) >= 11 is 0. The molecule has 0 aliphatic heterocycles. The molecule has 0 aromatic heterocycles. The first-order chi connectivity index (χ1) is 14.4. The van der Waals surface area contributed by atoms with Crippen molar-refractivity contribution in [2.45, 2.75) is 68.7 Å². The van der Waals surface area contributed by atoms with E-state index in [1.165, 1.54) is 20.8 Å². The summed E-state index contributed by atoms with van der Waals surface area (Å²) in [7, 11) is -6.76. The Morgan fingerprint density at radius 3 is 1.85 bits per heavy atom. The Morgan fingerprint density at radius 1 is 1.00 bits per heavy atom. The summed E-state index contributed by atoms with van der Waals surface area (Å²) < 4.78 is 146. The van der Waals surface area contributed by atoms with Crippen molar-refractivity contribution in [1.82, 2.24) is 5.32 Å². The van der Waals surface area contributed by atoms with Crippen LogP contribution in [-0.4, -0.2) is 60.1 Å². The molecule has 0 saturated carbocycles. The zero-order chi connectivity index (χ0) is 26.7. The highest BCUT2D eigenvalue weighted by molar-refractivity contribution is 7.86. The standard InChI is InChI=1S/C16H21F8NO7S/c1-9(17)10(26)32-14(15(20,21)22,11(27)25-12(2,3)4)31-8-6-5-7-13(18,19)16(23,24)33(28,29)30/h1,5-8H2,2-4H3,(H,25,27)(H,28,29,30)/p-1. The van der Waals surface area contributed by atoms with Gasteiger partial charge in [-0.3, -0.25) is 4.79 Å². The summed E-state index contributed by atoms with van der Waals surface area (Å²) in [4.78, 5) is 23.6. The Kier molecular flexibility index (Phi) is 9.47. The highest BCUT2D eigenvalue weighted by Gasteiger charge is 2.67. The SMILES string of the molecule is C=C(F)C(=O)OC(OCCCCC(F)(F)C(F)(F)S(=O)(=O)[O-])(C(=O)NC(C)(C)C)C(F)(F)F. The lowest BCUT2D eigenvalue weighted by molar-refractivity contribution is -0.347. The van der Waals surface area contributed by atoms with E-state index >= 15 is 0 Å². The van der Waals surface area contributed by atoms with Crippen LogP contribution >= 0.6 is 0 Å². The van der Waals surface area contributed by atoms with E-state index in [-0.39, 0.29) is 0 Å². The third kappa shape index (κ3) is 7.77. The number of ether oxygens (including phenoxy) is 2. The molecule has 1 amide bonds. The normalized spacial score (nSPS) is 15.5. The van der Waals surface area contributed by atoms with Gasteiger partial charge in [0, 0.05) is 12.0 Å². The van der Waals surface area contributed by atoms with Crippen molar-refractivity contribution >= 4 is 22.0 Å². The number of halogens is 8. The van der Waals surface area contributed by atoms with Gasteiger partial charge in [-0.05, 0) is 33.6 Å². The van der Waals surface area contributed by atoms with Gasteiger partial charge in [0.25, 0.3) is 0 Å². The minimum absolute atomic E-state index is 0.945. The molecule has 0 bridgehead atoms. The van der Waals surface area contributed by atoms with Gasteiger partial charge in [0.15, 0.2) is 10.1 Å². The van der Waals surface area contributed by atoms with Crippen LogP contribution in [0.3, 0.4) is 0 Å². The van der Waals surface area contributed by atoms with E-state index in [4.69, 9.17) is 0 Å². The maximum Gasteiger partial charge on any atom is 0.466 e. The van der Waals surface area contributed by atoms with Crippen molar-refractivity contribution in [3.63, 3.8) is 0 Å². The number of carbonyl (C=O) groups excluding carboxylic acids is 2. The van der Waals surface area contributed by atoms with E-state index in [9.17, 15) is 57.7 Å². The molecular weight excluding hydrogens is 502 g/mol. The highest BCUT2D eigenvalue weighted by Crippen LogP contribution is 2.42. The second-order valence-corrected chi connectivity index (χ2v) is 9.01. The zero-order valence-corrected chi connectivity index (χ0v) is 18.1. The molecule has 1 N–H and O–H groups in total. The summed E-state index contributed by atoms with van der Waals surface area (Å²) in [6.07, 6.45) is -9.89. The van der Waals surface area contributed by atoms with Gasteiger partial charge in [-0.2, -0.15) is 35.1 Å². The molecule has 0 heterocycles. The second kappa shape index (κ2) is 10.1. The molecule has 8 nitrogen and oxygen atoms in total. The van der Waals surface area contributed by atoms with Crippen LogP contribution in [0.25, 0.3) is 0 Å². The molecule has 1 unspecified atom stereocenters. The number of nitrogens with one attached hydrogen (secondary N) is 1. The Labute approximate surface area is 183 Å². The van der Waals surface area contributed by atoms with Gasteiger partial charge in [0.1, 0.15) is 0 Å². The quantitative estimate of drug-likeness (QED) is 0.111. The van der Waals surface area contributed by atoms with Crippen LogP contribution in [0.4, 0.5) is 35.1 Å². The van der Waals surface area contributed by atoms with Gasteiger partial charge in [-0.1, -0.05) is 6.58 Å². The molecule has 17 heteroatoms. The summed E-state index contributed by atoms with van der Waals surface area (Å²) in [6, 6.07) is 0. The van der Waals surface area contributed by atoms with Crippen LogP contribution in [-0.2, 0) is 29.2 Å². The Bertz CT molecular complexity index is 852. The molecule has 0 saturated heterocycles. The van der Waals surface area contributed by atoms with Gasteiger partial charge in [0.2, 0.25) is 5.83 Å². The lowest BCUT2D eigenvalue weighted by Gasteiger charge is -2.35. The third-order valence-corrected chi connectivity index (χ3v) is 4.48. The van der Waals surface area contributed by atoms with Gasteiger partial charge < -0.3 is 19.3 Å². The average Bonchev–Trinajstić information content (AvgIpc) is 2.56. The minimum atomic E-state index is -6.76. The largest absolute Gasteiger partial charge is 0.743 e. The molecule has 0 aliphatic rings. The number of rotatable bonds is 11. The van der Waals surface area contributed by atoms with Crippen molar-refractivity contribution in [3.05, 3.63) is 12.4 Å². The fraction of sp³-hybridized carbons (Fsp3) is 0.750. The maximum atomic E-state index is 13.7. The molecular formula is C16H20F8NO7S-. The summed E-state index contributed by atoms with van der Waals surface area (Å²) in [6.45, 7) is 4.72. The Balaban J connectivity index is 5.66. The monoisotopic (exact) mass is 522 g/mol. The first-order valence-electron chi connectivity index (χ1n) is 8.73. The van der Waals surface area contributed by atoms with E-state index in [1.807, 2.05) is 0 Å². The molecule has 0 spiro atoms. The molecule has 194 valence electrons. The van der Waals surface area contributed by atoms with E-state index < -0.39 is 82.4 Å². The topological polar surface area (TPSA) is 122 Å². The smallest absolute Gasteiger partial charge is 0.466 e. The van der Waals surface area contributed by atoms with Crippen LogP contribution in [0.2, 0.25) is 0 Å². The molecule has 0 radical (unpaired) electrons. The van der Waals surface area contributed by atoms with Crippen molar-refractivity contribution in [2.75, 3.05) is 6.61 Å². The van der Waals surface area contributed by atoms with E-state index in [2.05, 4.69) is 16.1 Å². The molecule has 0 rings (SSSR count). The molecule has 0 fully saturated rings. The third-order valence-electron chi connectivity index (χ3n) is 3.55. The molecule has 1 atom stereocenters. The Hall–Kier alpha value is -2.01. The zero-order valence-electron chi connectivity index (χ0n) is 17.3. The van der Waals surface area contributed by atoms with E-state index in [1.54, 1.807) is 5.32 Å². The van der Waals surface area contributed by atoms with E-state index in [0.29, 0.717) is 0 Å². The number of hydrogen-bond acceptors (Lipinski definition) is 7. The fourth-order valence-electron chi connectivity index (χ4n) is 2.01. The van der Waals surface area contributed by atoms with Gasteiger partial charge in [0.05, 0.1) is 6.61 Å². The molecule has 0 aliphatic carbocycles. The predicted octanol–water partition coefficient (Wildman–Crippen LogP) is 3.15. The lowest BCUT2D eigenvalue weighted by atomic mass is 10.1. The van der Waals surface area contributed by atoms with Crippen molar-refractivity contribution in [1.29, 1.82) is 0 Å². The van der Waals surface area contributed by atoms with Crippen LogP contribution in [0, 0.1) is 0 Å². The van der Waals surface area contributed by atoms with Gasteiger partial charge >= 0.3 is 35.0 Å². The fourth-order valence-corrected chi connectivity index (χ4v) is 2.48. The summed E-state index contributed by atoms with van der Waals surface area (Å²) in [5, 5.41) is -4.22. The van der Waals surface area contributed by atoms with E-state index in [0.717, 1.165) is 0 Å². The second-order valence-electron chi connectivity index (χ2n) is 7.59. The maximum absolute atomic E-state index is 13.7. The van der Waals surface area contributed by atoms with Gasteiger partial charge in [-0.15, -0.1) is 0 Å². The van der Waals surface area contributed by atoms with Crippen LogP contribution in [0.15, 0.2) is 12.4 Å². The van der Waals surface area contributed by atoms with Gasteiger partial charge in [-0.25, -0.2) is 13.2 Å². The van der Waals surface area contributed by atoms with Crippen molar-refractivity contribution in [3.8, 4) is 0 Å². The number of alkyl halides is 7. The average molecular weight is 522 g/mol. The Morgan fingerprint density at radius 2 is 1.48 bits per heavy atom. The number of carbonyl (C=O) groups is 2. The van der Waals surface area contributed by atoms with Crippen LogP contribution in [0.5, 0.6) is 0 Å². The first-order valence-corrected chi connectivity index (χ1v) is 10.1. The number of esters is 1. The molecule has 0 aromatic carbocycles. The first kappa shape index (κ1) is 31.0. The lowest BCUT2D eigenvalue weighted by Crippen LogP contribution is -2.64. The molecule has 0 aromatic rings. The summed E-state index contributed by atoms with van der Waals surface area (Å²) in [5.41, 5.74) is -1.37. The van der Waals surface area contributed by atoms with Crippen LogP contribution in [0.1, 0.15) is 40.0 Å². The van der Waals surface area contributed by atoms with Crippen molar-refractivity contribution < 1.29 is 67.2 Å². The van der Waals surface area contributed by atoms with Crippen LogP contribution < -0.4 is 5.32 Å². The highest BCUT2D eigenvalue weighted by atomic mass is 32.2. The number of amides is 1. The molecule has 33 heavy (non-hydrogen) atoms. The number of hydrogen-bond donors (Lipinski definition) is 1.